The van der Waals surface area contributed by atoms with Crippen molar-refractivity contribution in [3.63, 3.8) is 0 Å². The van der Waals surface area contributed by atoms with Gasteiger partial charge in [0.1, 0.15) is 0 Å². The fourth-order valence-corrected chi connectivity index (χ4v) is 2.98. The van der Waals surface area contributed by atoms with Crippen molar-refractivity contribution in [1.29, 1.82) is 0 Å². The maximum Gasteiger partial charge on any atom is 0.284 e. The van der Waals surface area contributed by atoms with Crippen LogP contribution in [0.3, 0.4) is 0 Å². The van der Waals surface area contributed by atoms with Crippen LogP contribution in [-0.4, -0.2) is 28.8 Å². The number of nitrogens with two attached hydrogens (primary N) is 2. The van der Waals surface area contributed by atoms with E-state index >= 15 is 0 Å². The van der Waals surface area contributed by atoms with Gasteiger partial charge in [0.15, 0.2) is 5.84 Å². The van der Waals surface area contributed by atoms with Crippen molar-refractivity contribution in [3.05, 3.63) is 0 Å². The number of nitrogens with one attached hydrogen (secondary N) is 1. The smallest absolute Gasteiger partial charge is 0.284 e. The van der Waals surface area contributed by atoms with E-state index in [9.17, 15) is 14.4 Å². The molecule has 0 aromatic rings. The molecule has 0 bridgehead atoms. The molecule has 0 radical (unpaired) electrons. The first-order chi connectivity index (χ1) is 10.9. The van der Waals surface area contributed by atoms with Crippen molar-refractivity contribution in [2.75, 3.05) is 0 Å². The highest BCUT2D eigenvalue weighted by molar-refractivity contribution is 6.38. The number of hydrogen-bond acceptors (Lipinski definition) is 4. The van der Waals surface area contributed by atoms with Gasteiger partial charge in [-0.2, -0.15) is 4.99 Å². The molecule has 23 heavy (non-hydrogen) atoms. The minimum absolute atomic E-state index is 0.199. The van der Waals surface area contributed by atoms with Crippen molar-refractivity contribution >= 4 is 23.6 Å². The Morgan fingerprint density at radius 3 is 2.39 bits per heavy atom. The summed E-state index contributed by atoms with van der Waals surface area (Å²) in [4.78, 5) is 37.7. The molecule has 1 saturated carbocycles. The zero-order chi connectivity index (χ0) is 17.2. The second kappa shape index (κ2) is 9.94. The highest BCUT2D eigenvalue weighted by Gasteiger charge is 2.23. The molecule has 1 rings (SSSR count). The predicted octanol–water partition coefficient (Wildman–Crippen LogP) is 0.618. The second-order valence-electron chi connectivity index (χ2n) is 6.07. The van der Waals surface area contributed by atoms with Gasteiger partial charge in [-0.15, -0.1) is 0 Å². The molecule has 0 unspecified atom stereocenters. The first kappa shape index (κ1) is 19.1. The molecule has 0 saturated heterocycles. The fraction of sp³-hybridized carbons (Fsp3) is 0.733. The topological polar surface area (TPSA) is 148 Å². The van der Waals surface area contributed by atoms with Crippen LogP contribution in [0.4, 0.5) is 0 Å². The van der Waals surface area contributed by atoms with Crippen LogP contribution in [0.15, 0.2) is 4.99 Å². The third-order valence-corrected chi connectivity index (χ3v) is 4.28. The molecule has 0 aliphatic heterocycles. The van der Waals surface area contributed by atoms with Crippen molar-refractivity contribution in [3.8, 4) is 0 Å². The largest absolute Gasteiger partial charge is 0.379 e. The van der Waals surface area contributed by atoms with Gasteiger partial charge in [0.05, 0.1) is 0 Å². The van der Waals surface area contributed by atoms with Crippen LogP contribution in [0.25, 0.3) is 0 Å². The third-order valence-electron chi connectivity index (χ3n) is 4.28. The van der Waals surface area contributed by atoms with Crippen molar-refractivity contribution in [2.45, 2.75) is 57.8 Å². The maximum atomic E-state index is 12.1. The standard InChI is InChI=1S/C15H26N4O4/c16-13(14(17)21)18-15(22)11(9-12(20)19-23)8-4-7-10-5-2-1-3-6-10/h10-11,23H,1-9H2,(H2,17,21)(H,19,20)(H2,16,18,22)/t11-/m1/s1. The molecule has 130 valence electrons. The number of nitrogens with zero attached hydrogens (tertiary/aromatic N) is 1. The van der Waals surface area contributed by atoms with E-state index in [4.69, 9.17) is 16.7 Å². The molecule has 0 aromatic carbocycles. The van der Waals surface area contributed by atoms with E-state index < -0.39 is 29.5 Å². The summed E-state index contributed by atoms with van der Waals surface area (Å²) < 4.78 is 0. The van der Waals surface area contributed by atoms with Crippen LogP contribution in [0, 0.1) is 11.8 Å². The van der Waals surface area contributed by atoms with E-state index in [1.165, 1.54) is 37.6 Å². The van der Waals surface area contributed by atoms with Gasteiger partial charge in [-0.05, 0) is 12.3 Å². The molecule has 3 amide bonds. The summed E-state index contributed by atoms with van der Waals surface area (Å²) in [5.74, 6) is -2.93. The van der Waals surface area contributed by atoms with Crippen LogP contribution >= 0.6 is 0 Å². The predicted molar refractivity (Wildman–Crippen MR) is 84.3 cm³/mol. The normalized spacial score (nSPS) is 17.5. The number of aliphatic imine (C=N–C) groups is 1. The maximum absolute atomic E-state index is 12.1. The van der Waals surface area contributed by atoms with Crippen LogP contribution < -0.4 is 16.9 Å². The van der Waals surface area contributed by atoms with Crippen LogP contribution in [0.5, 0.6) is 0 Å². The van der Waals surface area contributed by atoms with E-state index in [-0.39, 0.29) is 6.42 Å². The van der Waals surface area contributed by atoms with Crippen molar-refractivity contribution < 1.29 is 19.6 Å². The zero-order valence-corrected chi connectivity index (χ0v) is 13.3. The van der Waals surface area contributed by atoms with E-state index in [0.29, 0.717) is 12.3 Å². The summed E-state index contributed by atoms with van der Waals surface area (Å²) in [7, 11) is 0. The van der Waals surface area contributed by atoms with Gasteiger partial charge in [0, 0.05) is 12.3 Å². The lowest BCUT2D eigenvalue weighted by Crippen LogP contribution is -2.33. The van der Waals surface area contributed by atoms with Gasteiger partial charge in [0.25, 0.3) is 11.8 Å². The molecular weight excluding hydrogens is 300 g/mol. The molecule has 1 atom stereocenters. The van der Waals surface area contributed by atoms with E-state index in [1.807, 2.05) is 0 Å². The molecule has 0 spiro atoms. The molecule has 0 aromatic heterocycles. The lowest BCUT2D eigenvalue weighted by atomic mass is 9.84. The Labute approximate surface area is 135 Å². The van der Waals surface area contributed by atoms with Gasteiger partial charge in [0.2, 0.25) is 5.91 Å². The number of rotatable bonds is 7. The van der Waals surface area contributed by atoms with E-state index in [0.717, 1.165) is 12.8 Å². The van der Waals surface area contributed by atoms with Gasteiger partial charge in [-0.3, -0.25) is 19.6 Å². The Kier molecular flexibility index (Phi) is 8.25. The highest BCUT2D eigenvalue weighted by atomic mass is 16.5. The van der Waals surface area contributed by atoms with Crippen LogP contribution in [-0.2, 0) is 14.4 Å². The Bertz CT molecular complexity index is 458. The number of carbonyl (C=O) groups excluding carboxylic acids is 3. The van der Waals surface area contributed by atoms with E-state index in [2.05, 4.69) is 4.99 Å². The quantitative estimate of drug-likeness (QED) is 0.234. The fourth-order valence-electron chi connectivity index (χ4n) is 2.98. The number of amidine groups is 1. The monoisotopic (exact) mass is 326 g/mol. The molecule has 8 heteroatoms. The summed E-state index contributed by atoms with van der Waals surface area (Å²) in [5.41, 5.74) is 11.7. The van der Waals surface area contributed by atoms with Crippen LogP contribution in [0.1, 0.15) is 57.8 Å². The summed E-state index contributed by atoms with van der Waals surface area (Å²) in [6.45, 7) is 0. The number of hydroxylamine groups is 1. The Morgan fingerprint density at radius 2 is 1.83 bits per heavy atom. The number of amides is 3. The highest BCUT2D eigenvalue weighted by Crippen LogP contribution is 2.28. The Hall–Kier alpha value is -1.96. The van der Waals surface area contributed by atoms with Crippen LogP contribution in [0.2, 0.25) is 0 Å². The zero-order valence-electron chi connectivity index (χ0n) is 13.3. The SMILES string of the molecule is NC(=O)C(N)=NC(=O)[C@H](CCCC1CCCCC1)CC(=O)NO. The molecule has 1 fully saturated rings. The lowest BCUT2D eigenvalue weighted by Gasteiger charge is -2.22. The number of carbonyl (C=O) groups is 3. The number of hydrogen-bond donors (Lipinski definition) is 4. The van der Waals surface area contributed by atoms with Gasteiger partial charge < -0.3 is 11.5 Å². The minimum Gasteiger partial charge on any atom is -0.379 e. The minimum atomic E-state index is -0.981. The second-order valence-corrected chi connectivity index (χ2v) is 6.07. The summed E-state index contributed by atoms with van der Waals surface area (Å²) in [6.07, 6.45) is 8.25. The van der Waals surface area contributed by atoms with Gasteiger partial charge in [-0.25, -0.2) is 5.48 Å². The first-order valence-electron chi connectivity index (χ1n) is 8.04. The van der Waals surface area contributed by atoms with Crippen molar-refractivity contribution in [1.82, 2.24) is 5.48 Å². The van der Waals surface area contributed by atoms with E-state index in [1.54, 1.807) is 0 Å². The first-order valence-corrected chi connectivity index (χ1v) is 8.04. The molecule has 1 aliphatic rings. The molecule has 8 nitrogen and oxygen atoms in total. The lowest BCUT2D eigenvalue weighted by molar-refractivity contribution is -0.133. The van der Waals surface area contributed by atoms with Gasteiger partial charge >= 0.3 is 0 Å². The molecular formula is C15H26N4O4. The van der Waals surface area contributed by atoms with Gasteiger partial charge in [-0.1, -0.05) is 44.9 Å². The molecule has 0 heterocycles. The summed E-state index contributed by atoms with van der Waals surface area (Å²) in [6, 6.07) is 0. The Balaban J connectivity index is 2.56. The third kappa shape index (κ3) is 7.23. The van der Waals surface area contributed by atoms with Crippen molar-refractivity contribution in [2.24, 2.45) is 28.3 Å². The number of primary amides is 1. The molecule has 1 aliphatic carbocycles. The summed E-state index contributed by atoms with van der Waals surface area (Å²) in [5, 5.41) is 8.62. The average Bonchev–Trinajstić information content (AvgIpc) is 2.54. The average molecular weight is 326 g/mol. The Morgan fingerprint density at radius 1 is 1.17 bits per heavy atom. The summed E-state index contributed by atoms with van der Waals surface area (Å²) >= 11 is 0. The molecule has 6 N–H and O–H groups in total.